The minimum absolute atomic E-state index is 0. The van der Waals surface area contributed by atoms with Crippen molar-refractivity contribution in [3.8, 4) is 0 Å². The highest BCUT2D eigenvalue weighted by Gasteiger charge is 2.06. The standard InChI is InChI=1S/C16H28N4O3.HI/c1-3-4-11-22-12-6-8-19-16(17-2)20-10-9-18-15(21)14-7-5-13-23-14;/h5,7,13H,3-4,6,8-12H2,1-2H3,(H,18,21)(H2,17,19,20);1H. The maximum absolute atomic E-state index is 11.6. The van der Waals surface area contributed by atoms with E-state index in [-0.39, 0.29) is 29.9 Å². The van der Waals surface area contributed by atoms with E-state index in [1.54, 1.807) is 19.2 Å². The number of nitrogens with one attached hydrogen (secondary N) is 3. The van der Waals surface area contributed by atoms with Gasteiger partial charge in [-0.15, -0.1) is 24.0 Å². The first-order valence-electron chi connectivity index (χ1n) is 8.12. The van der Waals surface area contributed by atoms with Crippen molar-refractivity contribution in [2.45, 2.75) is 26.2 Å². The monoisotopic (exact) mass is 452 g/mol. The van der Waals surface area contributed by atoms with Gasteiger partial charge in [0.15, 0.2) is 11.7 Å². The summed E-state index contributed by atoms with van der Waals surface area (Å²) >= 11 is 0. The Morgan fingerprint density at radius 3 is 2.54 bits per heavy atom. The number of hydrogen-bond donors (Lipinski definition) is 3. The first-order chi connectivity index (χ1) is 11.3. The quantitative estimate of drug-likeness (QED) is 0.207. The van der Waals surface area contributed by atoms with Gasteiger partial charge in [0.2, 0.25) is 0 Å². The van der Waals surface area contributed by atoms with Crippen LogP contribution in [0.15, 0.2) is 27.8 Å². The number of furan rings is 1. The van der Waals surface area contributed by atoms with Crippen molar-refractivity contribution in [2.24, 2.45) is 4.99 Å². The van der Waals surface area contributed by atoms with E-state index in [1.165, 1.54) is 6.26 Å². The van der Waals surface area contributed by atoms with Gasteiger partial charge in [-0.1, -0.05) is 13.3 Å². The van der Waals surface area contributed by atoms with Crippen LogP contribution in [0.5, 0.6) is 0 Å². The fourth-order valence-corrected chi connectivity index (χ4v) is 1.80. The Kier molecular flexibility index (Phi) is 14.4. The Morgan fingerprint density at radius 2 is 1.88 bits per heavy atom. The third-order valence-corrected chi connectivity index (χ3v) is 3.07. The topological polar surface area (TPSA) is 87.9 Å². The number of aliphatic imine (C=N–C) groups is 1. The van der Waals surface area contributed by atoms with Gasteiger partial charge in [0.25, 0.3) is 5.91 Å². The van der Waals surface area contributed by atoms with Gasteiger partial charge in [-0.3, -0.25) is 9.79 Å². The maximum atomic E-state index is 11.6. The Labute approximate surface area is 161 Å². The molecule has 1 amide bonds. The lowest BCUT2D eigenvalue weighted by Gasteiger charge is -2.12. The second-order valence-electron chi connectivity index (χ2n) is 4.98. The molecule has 1 aromatic heterocycles. The highest BCUT2D eigenvalue weighted by molar-refractivity contribution is 14.0. The van der Waals surface area contributed by atoms with Crippen LogP contribution in [-0.2, 0) is 4.74 Å². The highest BCUT2D eigenvalue weighted by Crippen LogP contribution is 1.98. The summed E-state index contributed by atoms with van der Waals surface area (Å²) in [6.45, 7) is 5.60. The second kappa shape index (κ2) is 15.3. The van der Waals surface area contributed by atoms with E-state index in [0.717, 1.165) is 39.0 Å². The molecule has 8 heteroatoms. The van der Waals surface area contributed by atoms with Crippen LogP contribution in [0.3, 0.4) is 0 Å². The zero-order chi connectivity index (χ0) is 16.8. The maximum Gasteiger partial charge on any atom is 0.287 e. The molecular weight excluding hydrogens is 423 g/mol. The number of rotatable bonds is 11. The van der Waals surface area contributed by atoms with Crippen molar-refractivity contribution in [1.29, 1.82) is 0 Å². The first-order valence-corrected chi connectivity index (χ1v) is 8.12. The summed E-state index contributed by atoms with van der Waals surface area (Å²) in [5.74, 6) is 0.811. The average molecular weight is 452 g/mol. The molecule has 0 bridgehead atoms. The van der Waals surface area contributed by atoms with Crippen LogP contribution < -0.4 is 16.0 Å². The van der Waals surface area contributed by atoms with Crippen molar-refractivity contribution in [2.75, 3.05) is 39.9 Å². The van der Waals surface area contributed by atoms with Crippen LogP contribution in [-0.4, -0.2) is 51.8 Å². The molecule has 0 aliphatic carbocycles. The molecule has 0 fully saturated rings. The summed E-state index contributed by atoms with van der Waals surface area (Å²) in [5.41, 5.74) is 0. The van der Waals surface area contributed by atoms with Crippen LogP contribution in [0.1, 0.15) is 36.7 Å². The number of carbonyl (C=O) groups excluding carboxylic acids is 1. The Balaban J connectivity index is 0.00000529. The molecule has 1 heterocycles. The molecule has 0 radical (unpaired) electrons. The molecule has 1 aromatic rings. The number of unbranched alkanes of at least 4 members (excludes halogenated alkanes) is 1. The molecule has 0 saturated carbocycles. The number of guanidine groups is 1. The number of ether oxygens (including phenoxy) is 1. The van der Waals surface area contributed by atoms with Gasteiger partial charge in [-0.25, -0.2) is 0 Å². The number of carbonyl (C=O) groups is 1. The first kappa shape index (κ1) is 22.7. The van der Waals surface area contributed by atoms with E-state index >= 15 is 0 Å². The number of hydrogen-bond acceptors (Lipinski definition) is 4. The molecule has 0 aromatic carbocycles. The van der Waals surface area contributed by atoms with Crippen LogP contribution >= 0.6 is 24.0 Å². The molecule has 0 spiro atoms. The number of amides is 1. The minimum atomic E-state index is -0.219. The van der Waals surface area contributed by atoms with Gasteiger partial charge < -0.3 is 25.1 Å². The van der Waals surface area contributed by atoms with Crippen molar-refractivity contribution in [3.05, 3.63) is 24.2 Å². The van der Waals surface area contributed by atoms with Crippen molar-refractivity contribution < 1.29 is 13.9 Å². The predicted molar refractivity (Wildman–Crippen MR) is 106 cm³/mol. The average Bonchev–Trinajstić information content (AvgIpc) is 3.10. The molecule has 0 saturated heterocycles. The molecule has 0 unspecified atom stereocenters. The van der Waals surface area contributed by atoms with Crippen molar-refractivity contribution in [3.63, 3.8) is 0 Å². The largest absolute Gasteiger partial charge is 0.459 e. The summed E-state index contributed by atoms with van der Waals surface area (Å²) in [6.07, 6.45) is 4.68. The summed E-state index contributed by atoms with van der Waals surface area (Å²) in [5, 5.41) is 9.10. The SMILES string of the molecule is CCCCOCCCNC(=NC)NCCNC(=O)c1ccco1.I. The van der Waals surface area contributed by atoms with Gasteiger partial charge in [0.1, 0.15) is 0 Å². The zero-order valence-corrected chi connectivity index (χ0v) is 16.8. The number of halogens is 1. The Hall–Kier alpha value is -1.29. The summed E-state index contributed by atoms with van der Waals surface area (Å²) in [4.78, 5) is 15.8. The molecule has 24 heavy (non-hydrogen) atoms. The van der Waals surface area contributed by atoms with E-state index in [1.807, 2.05) is 0 Å². The third-order valence-electron chi connectivity index (χ3n) is 3.07. The fourth-order valence-electron chi connectivity index (χ4n) is 1.80. The highest BCUT2D eigenvalue weighted by atomic mass is 127. The van der Waals surface area contributed by atoms with E-state index in [4.69, 9.17) is 9.15 Å². The molecule has 3 N–H and O–H groups in total. The molecule has 138 valence electrons. The van der Waals surface area contributed by atoms with Gasteiger partial charge >= 0.3 is 0 Å². The predicted octanol–water partition coefficient (Wildman–Crippen LogP) is 2.00. The minimum Gasteiger partial charge on any atom is -0.459 e. The van der Waals surface area contributed by atoms with Crippen LogP contribution in [0.2, 0.25) is 0 Å². The molecular formula is C16H29IN4O3. The van der Waals surface area contributed by atoms with Gasteiger partial charge in [0.05, 0.1) is 6.26 Å². The summed E-state index contributed by atoms with van der Waals surface area (Å²) in [6, 6.07) is 3.32. The zero-order valence-electron chi connectivity index (χ0n) is 14.5. The van der Waals surface area contributed by atoms with Crippen LogP contribution in [0, 0.1) is 0 Å². The Morgan fingerprint density at radius 1 is 1.17 bits per heavy atom. The van der Waals surface area contributed by atoms with Crippen LogP contribution in [0.25, 0.3) is 0 Å². The smallest absolute Gasteiger partial charge is 0.287 e. The second-order valence-corrected chi connectivity index (χ2v) is 4.98. The lowest BCUT2D eigenvalue weighted by molar-refractivity contribution is 0.0926. The van der Waals surface area contributed by atoms with Crippen molar-refractivity contribution >= 4 is 35.8 Å². The van der Waals surface area contributed by atoms with E-state index in [0.29, 0.717) is 24.8 Å². The summed E-state index contributed by atoms with van der Waals surface area (Å²) in [7, 11) is 1.72. The number of nitrogens with zero attached hydrogens (tertiary/aromatic N) is 1. The lowest BCUT2D eigenvalue weighted by Crippen LogP contribution is -2.41. The fraction of sp³-hybridized carbons (Fsp3) is 0.625. The third kappa shape index (κ3) is 10.5. The van der Waals surface area contributed by atoms with Crippen molar-refractivity contribution in [1.82, 2.24) is 16.0 Å². The van der Waals surface area contributed by atoms with Crippen LogP contribution in [0.4, 0.5) is 0 Å². The van der Waals surface area contributed by atoms with E-state index < -0.39 is 0 Å². The van der Waals surface area contributed by atoms with Gasteiger partial charge in [-0.2, -0.15) is 0 Å². The molecule has 0 aliphatic heterocycles. The normalized spacial score (nSPS) is 10.8. The summed E-state index contributed by atoms with van der Waals surface area (Å²) < 4.78 is 10.5. The molecule has 1 rings (SSSR count). The molecule has 0 aliphatic rings. The van der Waals surface area contributed by atoms with E-state index in [2.05, 4.69) is 27.9 Å². The van der Waals surface area contributed by atoms with Gasteiger partial charge in [-0.05, 0) is 25.0 Å². The van der Waals surface area contributed by atoms with Gasteiger partial charge in [0, 0.05) is 39.9 Å². The molecule has 0 atom stereocenters. The lowest BCUT2D eigenvalue weighted by atomic mass is 10.4. The van der Waals surface area contributed by atoms with E-state index in [9.17, 15) is 4.79 Å². The Bertz CT molecular complexity index is 452. The molecule has 7 nitrogen and oxygen atoms in total.